The monoisotopic (exact) mass is 230 g/mol. The van der Waals surface area contributed by atoms with Crippen LogP contribution in [0.1, 0.15) is 23.7 Å². The summed E-state index contributed by atoms with van der Waals surface area (Å²) in [6, 6.07) is 11.1. The molecule has 0 atom stereocenters. The highest BCUT2D eigenvalue weighted by atomic mass is 16.5. The van der Waals surface area contributed by atoms with Gasteiger partial charge >= 0.3 is 5.97 Å². The van der Waals surface area contributed by atoms with Gasteiger partial charge in [0.1, 0.15) is 11.3 Å². The second kappa shape index (κ2) is 4.87. The number of ether oxygens (including phenoxy) is 1. The highest BCUT2D eigenvalue weighted by Crippen LogP contribution is 2.26. The van der Waals surface area contributed by atoms with Gasteiger partial charge in [0.05, 0.1) is 6.61 Å². The van der Waals surface area contributed by atoms with E-state index in [1.165, 1.54) is 0 Å². The first-order valence-electron chi connectivity index (χ1n) is 5.61. The molecule has 0 amide bonds. The molecule has 17 heavy (non-hydrogen) atoms. The van der Waals surface area contributed by atoms with Crippen LogP contribution in [0.2, 0.25) is 0 Å². The second-order valence-corrected chi connectivity index (χ2v) is 3.85. The Morgan fingerprint density at radius 1 is 1.24 bits per heavy atom. The summed E-state index contributed by atoms with van der Waals surface area (Å²) in [5, 5.41) is 11.0. The van der Waals surface area contributed by atoms with Crippen molar-refractivity contribution in [3.05, 3.63) is 42.0 Å². The molecule has 0 aliphatic carbocycles. The van der Waals surface area contributed by atoms with Crippen LogP contribution in [0.3, 0.4) is 0 Å². The lowest BCUT2D eigenvalue weighted by Crippen LogP contribution is -2.04. The van der Waals surface area contributed by atoms with Gasteiger partial charge in [0, 0.05) is 0 Å². The number of hydrogen-bond donors (Lipinski definition) is 1. The van der Waals surface area contributed by atoms with Gasteiger partial charge in [-0.15, -0.1) is 0 Å². The summed E-state index contributed by atoms with van der Waals surface area (Å²) in [5.41, 5.74) is 0.220. The Bertz CT molecular complexity index is 546. The lowest BCUT2D eigenvalue weighted by molar-refractivity contribution is 0.0692. The summed E-state index contributed by atoms with van der Waals surface area (Å²) in [7, 11) is 0. The van der Waals surface area contributed by atoms with Crippen molar-refractivity contribution in [2.45, 2.75) is 13.3 Å². The molecular weight excluding hydrogens is 216 g/mol. The molecule has 3 nitrogen and oxygen atoms in total. The fraction of sp³-hybridized carbons (Fsp3) is 0.214. The molecule has 2 aromatic carbocycles. The minimum absolute atomic E-state index is 0.220. The van der Waals surface area contributed by atoms with Gasteiger partial charge < -0.3 is 9.84 Å². The molecular formula is C14H14O3. The summed E-state index contributed by atoms with van der Waals surface area (Å²) < 4.78 is 5.47. The van der Waals surface area contributed by atoms with Gasteiger partial charge in [-0.25, -0.2) is 4.79 Å². The van der Waals surface area contributed by atoms with E-state index in [1.807, 2.05) is 31.2 Å². The molecule has 2 rings (SSSR count). The Kier molecular flexibility index (Phi) is 3.28. The van der Waals surface area contributed by atoms with Crippen molar-refractivity contribution in [3.63, 3.8) is 0 Å². The fourth-order valence-corrected chi connectivity index (χ4v) is 1.72. The molecule has 2 aromatic rings. The number of benzene rings is 2. The molecule has 1 N–H and O–H groups in total. The second-order valence-electron chi connectivity index (χ2n) is 3.85. The third kappa shape index (κ3) is 2.38. The predicted molar refractivity (Wildman–Crippen MR) is 66.7 cm³/mol. The lowest BCUT2D eigenvalue weighted by atomic mass is 10.1. The molecule has 0 unspecified atom stereocenters. The standard InChI is InChI=1S/C14H14O3/c1-2-7-17-13-9-11-6-4-3-5-10(11)8-12(13)14(15)16/h3-6,8-9H,2,7H2,1H3,(H,15,16). The maximum Gasteiger partial charge on any atom is 0.339 e. The van der Waals surface area contributed by atoms with Crippen molar-refractivity contribution < 1.29 is 14.6 Å². The minimum Gasteiger partial charge on any atom is -0.493 e. The number of fused-ring (bicyclic) bond motifs is 1. The minimum atomic E-state index is -0.957. The number of carboxylic acids is 1. The quantitative estimate of drug-likeness (QED) is 0.876. The first-order valence-corrected chi connectivity index (χ1v) is 5.61. The van der Waals surface area contributed by atoms with Crippen molar-refractivity contribution >= 4 is 16.7 Å². The largest absolute Gasteiger partial charge is 0.493 e. The van der Waals surface area contributed by atoms with E-state index in [1.54, 1.807) is 12.1 Å². The van der Waals surface area contributed by atoms with E-state index in [-0.39, 0.29) is 5.56 Å². The van der Waals surface area contributed by atoms with Crippen LogP contribution in [-0.4, -0.2) is 17.7 Å². The molecule has 0 bridgehead atoms. The topological polar surface area (TPSA) is 46.5 Å². The van der Waals surface area contributed by atoms with Crippen LogP contribution < -0.4 is 4.74 Å². The summed E-state index contributed by atoms with van der Waals surface area (Å²) >= 11 is 0. The van der Waals surface area contributed by atoms with E-state index < -0.39 is 5.97 Å². The molecule has 0 aromatic heterocycles. The predicted octanol–water partition coefficient (Wildman–Crippen LogP) is 3.33. The number of carboxylic acid groups (broad SMARTS) is 1. The summed E-state index contributed by atoms with van der Waals surface area (Å²) in [6.07, 6.45) is 0.853. The molecule has 0 aliphatic rings. The third-order valence-corrected chi connectivity index (χ3v) is 2.54. The number of hydrogen-bond acceptors (Lipinski definition) is 2. The Morgan fingerprint density at radius 3 is 2.47 bits per heavy atom. The summed E-state index contributed by atoms with van der Waals surface area (Å²) in [6.45, 7) is 2.51. The smallest absolute Gasteiger partial charge is 0.339 e. The third-order valence-electron chi connectivity index (χ3n) is 2.54. The average molecular weight is 230 g/mol. The zero-order chi connectivity index (χ0) is 12.3. The van der Waals surface area contributed by atoms with Crippen LogP contribution in [0, 0.1) is 0 Å². The lowest BCUT2D eigenvalue weighted by Gasteiger charge is -2.09. The van der Waals surface area contributed by atoms with Gasteiger partial charge in [0.2, 0.25) is 0 Å². The zero-order valence-electron chi connectivity index (χ0n) is 9.64. The van der Waals surface area contributed by atoms with E-state index in [2.05, 4.69) is 0 Å². The number of carbonyl (C=O) groups is 1. The first kappa shape index (κ1) is 11.5. The number of aromatic carboxylic acids is 1. The highest BCUT2D eigenvalue weighted by Gasteiger charge is 2.12. The molecule has 0 spiro atoms. The zero-order valence-corrected chi connectivity index (χ0v) is 9.64. The van der Waals surface area contributed by atoms with Crippen molar-refractivity contribution in [1.82, 2.24) is 0 Å². The van der Waals surface area contributed by atoms with E-state index in [0.29, 0.717) is 12.4 Å². The first-order chi connectivity index (χ1) is 8.22. The van der Waals surface area contributed by atoms with Crippen LogP contribution in [0.4, 0.5) is 0 Å². The van der Waals surface area contributed by atoms with Crippen LogP contribution in [-0.2, 0) is 0 Å². The normalized spacial score (nSPS) is 10.4. The number of rotatable bonds is 4. The van der Waals surface area contributed by atoms with Crippen LogP contribution in [0.25, 0.3) is 10.8 Å². The van der Waals surface area contributed by atoms with Crippen molar-refractivity contribution in [1.29, 1.82) is 0 Å². The molecule has 0 radical (unpaired) electrons. The van der Waals surface area contributed by atoms with Crippen LogP contribution in [0.5, 0.6) is 5.75 Å². The molecule has 0 aliphatic heterocycles. The van der Waals surface area contributed by atoms with Gasteiger partial charge in [-0.2, -0.15) is 0 Å². The fourth-order valence-electron chi connectivity index (χ4n) is 1.72. The van der Waals surface area contributed by atoms with Gasteiger partial charge in [-0.1, -0.05) is 31.2 Å². The van der Waals surface area contributed by atoms with Gasteiger partial charge in [0.15, 0.2) is 0 Å². The Hall–Kier alpha value is -2.03. The Balaban J connectivity index is 2.54. The highest BCUT2D eigenvalue weighted by molar-refractivity contribution is 5.97. The summed E-state index contributed by atoms with van der Waals surface area (Å²) in [5.74, 6) is -0.514. The maximum atomic E-state index is 11.1. The average Bonchev–Trinajstić information content (AvgIpc) is 2.35. The maximum absolute atomic E-state index is 11.1. The van der Waals surface area contributed by atoms with Crippen LogP contribution >= 0.6 is 0 Å². The SMILES string of the molecule is CCCOc1cc2ccccc2cc1C(=O)O. The Labute approximate surface area is 99.6 Å². The van der Waals surface area contributed by atoms with Crippen LogP contribution in [0.15, 0.2) is 36.4 Å². The van der Waals surface area contributed by atoms with Gasteiger partial charge in [0.25, 0.3) is 0 Å². The van der Waals surface area contributed by atoms with Crippen molar-refractivity contribution in [3.8, 4) is 5.75 Å². The van der Waals surface area contributed by atoms with E-state index >= 15 is 0 Å². The van der Waals surface area contributed by atoms with E-state index in [9.17, 15) is 4.79 Å². The molecule has 0 heterocycles. The Morgan fingerprint density at radius 2 is 1.88 bits per heavy atom. The molecule has 88 valence electrons. The molecule has 0 saturated heterocycles. The van der Waals surface area contributed by atoms with Gasteiger partial charge in [-0.05, 0) is 29.3 Å². The molecule has 0 saturated carbocycles. The molecule has 0 fully saturated rings. The molecule has 3 heteroatoms. The van der Waals surface area contributed by atoms with Gasteiger partial charge in [-0.3, -0.25) is 0 Å². The summed E-state index contributed by atoms with van der Waals surface area (Å²) in [4.78, 5) is 11.1. The van der Waals surface area contributed by atoms with Crippen molar-refractivity contribution in [2.24, 2.45) is 0 Å². The van der Waals surface area contributed by atoms with E-state index in [0.717, 1.165) is 17.2 Å². The van der Waals surface area contributed by atoms with E-state index in [4.69, 9.17) is 9.84 Å². The van der Waals surface area contributed by atoms with Crippen molar-refractivity contribution in [2.75, 3.05) is 6.61 Å².